The molecule has 3 nitrogen and oxygen atoms in total. The van der Waals surface area contributed by atoms with E-state index >= 15 is 0 Å². The van der Waals surface area contributed by atoms with E-state index in [2.05, 4.69) is 29.2 Å². The Morgan fingerprint density at radius 2 is 1.55 bits per heavy atom. The molecular weight excluding hydrogens is 296 g/mol. The summed E-state index contributed by atoms with van der Waals surface area (Å²) in [6.45, 7) is 0. The SMILES string of the molecule is CN(C)c1cc2[o+]c3ccccc3nc2c2ccccc12.[Cl-]. The van der Waals surface area contributed by atoms with Crippen molar-refractivity contribution in [3.8, 4) is 0 Å². The Kier molecular flexibility index (Phi) is 3.59. The lowest BCUT2D eigenvalue weighted by Crippen LogP contribution is -3.00. The number of hydrogen-bond donors (Lipinski definition) is 0. The highest BCUT2D eigenvalue weighted by molar-refractivity contribution is 6.10. The molecule has 0 bridgehead atoms. The zero-order valence-corrected chi connectivity index (χ0v) is 13.1. The fourth-order valence-electron chi connectivity index (χ4n) is 2.75. The Morgan fingerprint density at radius 3 is 2.32 bits per heavy atom. The number of hydrogen-bond acceptors (Lipinski definition) is 2. The second-order valence-corrected chi connectivity index (χ2v) is 5.36. The minimum absolute atomic E-state index is 0. The highest BCUT2D eigenvalue weighted by atomic mass is 35.5. The van der Waals surface area contributed by atoms with E-state index < -0.39 is 0 Å². The Morgan fingerprint density at radius 1 is 0.864 bits per heavy atom. The molecule has 0 atom stereocenters. The molecule has 3 aromatic carbocycles. The van der Waals surface area contributed by atoms with Crippen molar-refractivity contribution in [1.29, 1.82) is 0 Å². The molecule has 0 saturated carbocycles. The third-order valence-electron chi connectivity index (χ3n) is 3.76. The second kappa shape index (κ2) is 5.43. The molecule has 0 aliphatic rings. The van der Waals surface area contributed by atoms with E-state index in [0.29, 0.717) is 0 Å². The number of rotatable bonds is 1. The van der Waals surface area contributed by atoms with Gasteiger partial charge in [0.2, 0.25) is 0 Å². The Hall–Kier alpha value is -2.39. The molecule has 0 aliphatic carbocycles. The van der Waals surface area contributed by atoms with Crippen LogP contribution in [0.1, 0.15) is 0 Å². The van der Waals surface area contributed by atoms with Crippen LogP contribution in [-0.4, -0.2) is 19.1 Å². The summed E-state index contributed by atoms with van der Waals surface area (Å²) >= 11 is 0. The minimum atomic E-state index is 0. The fraction of sp³-hybridized carbons (Fsp3) is 0.111. The van der Waals surface area contributed by atoms with Gasteiger partial charge in [-0.15, -0.1) is 0 Å². The van der Waals surface area contributed by atoms with Crippen molar-refractivity contribution in [3.05, 3.63) is 54.6 Å². The van der Waals surface area contributed by atoms with Crippen LogP contribution in [0.5, 0.6) is 0 Å². The summed E-state index contributed by atoms with van der Waals surface area (Å²) in [5.41, 5.74) is 4.56. The van der Waals surface area contributed by atoms with Crippen molar-refractivity contribution in [2.45, 2.75) is 0 Å². The lowest BCUT2D eigenvalue weighted by Gasteiger charge is -2.14. The van der Waals surface area contributed by atoms with Gasteiger partial charge in [-0.3, -0.25) is 0 Å². The molecule has 1 aromatic heterocycles. The molecule has 0 radical (unpaired) electrons. The van der Waals surface area contributed by atoms with Crippen molar-refractivity contribution in [3.63, 3.8) is 0 Å². The number of nitrogens with zero attached hydrogens (tertiary/aromatic N) is 2. The summed E-state index contributed by atoms with van der Waals surface area (Å²) in [7, 11) is 4.09. The number of fused-ring (bicyclic) bond motifs is 4. The van der Waals surface area contributed by atoms with Crippen LogP contribution >= 0.6 is 0 Å². The van der Waals surface area contributed by atoms with Crippen LogP contribution in [0.15, 0.2) is 59.0 Å². The van der Waals surface area contributed by atoms with Gasteiger partial charge in [0.05, 0.1) is 11.8 Å². The molecule has 0 unspecified atom stereocenters. The number of para-hydroxylation sites is 2. The van der Waals surface area contributed by atoms with Crippen LogP contribution in [0, 0.1) is 0 Å². The molecule has 0 fully saturated rings. The van der Waals surface area contributed by atoms with Gasteiger partial charge in [0.15, 0.2) is 11.0 Å². The molecule has 4 rings (SSSR count). The van der Waals surface area contributed by atoms with Crippen molar-refractivity contribution in [2.75, 3.05) is 19.0 Å². The van der Waals surface area contributed by atoms with Crippen LogP contribution in [-0.2, 0) is 0 Å². The predicted molar refractivity (Wildman–Crippen MR) is 87.8 cm³/mol. The summed E-state index contributed by atoms with van der Waals surface area (Å²) in [5, 5.41) is 2.31. The minimum Gasteiger partial charge on any atom is -1.00 e. The first-order valence-electron chi connectivity index (χ1n) is 6.96. The normalized spacial score (nSPS) is 10.8. The number of benzene rings is 3. The van der Waals surface area contributed by atoms with Crippen LogP contribution in [0.2, 0.25) is 0 Å². The molecule has 0 N–H and O–H groups in total. The summed E-state index contributed by atoms with van der Waals surface area (Å²) in [6, 6.07) is 18.3. The van der Waals surface area contributed by atoms with Gasteiger partial charge in [-0.05, 0) is 6.07 Å². The zero-order chi connectivity index (χ0) is 14.4. The van der Waals surface area contributed by atoms with E-state index in [1.165, 1.54) is 5.39 Å². The summed E-state index contributed by atoms with van der Waals surface area (Å²) in [4.78, 5) is 6.90. The number of halogens is 1. The Bertz CT molecular complexity index is 982. The lowest BCUT2D eigenvalue weighted by molar-refractivity contribution is -0.00000465. The van der Waals surface area contributed by atoms with Gasteiger partial charge < -0.3 is 17.3 Å². The number of anilines is 1. The molecule has 4 heteroatoms. The van der Waals surface area contributed by atoms with E-state index in [0.717, 1.165) is 33.3 Å². The fourth-order valence-corrected chi connectivity index (χ4v) is 2.75. The molecule has 0 saturated heterocycles. The molecule has 0 amide bonds. The van der Waals surface area contributed by atoms with E-state index in [1.807, 2.05) is 44.4 Å². The molecular formula is C18H15ClN2O. The second-order valence-electron chi connectivity index (χ2n) is 5.36. The average Bonchev–Trinajstić information content (AvgIpc) is 2.52. The quantitative estimate of drug-likeness (QED) is 0.303. The highest BCUT2D eigenvalue weighted by Crippen LogP contribution is 2.33. The van der Waals surface area contributed by atoms with Crippen molar-refractivity contribution in [2.24, 2.45) is 0 Å². The molecule has 4 aromatic rings. The first-order chi connectivity index (χ1) is 10.2. The van der Waals surface area contributed by atoms with E-state index in [4.69, 9.17) is 9.40 Å². The topological polar surface area (TPSA) is 27.4 Å². The maximum absolute atomic E-state index is 6.06. The van der Waals surface area contributed by atoms with Gasteiger partial charge in [-0.2, -0.15) is 0 Å². The van der Waals surface area contributed by atoms with Crippen molar-refractivity contribution < 1.29 is 16.8 Å². The first kappa shape index (κ1) is 14.5. The smallest absolute Gasteiger partial charge is 0.381 e. The summed E-state index contributed by atoms with van der Waals surface area (Å²) in [5.74, 6) is 0. The Labute approximate surface area is 134 Å². The predicted octanol–water partition coefficient (Wildman–Crippen LogP) is 1.49. The number of aromatic nitrogens is 1. The van der Waals surface area contributed by atoms with Gasteiger partial charge in [-0.1, -0.05) is 36.4 Å². The van der Waals surface area contributed by atoms with Crippen LogP contribution in [0.25, 0.3) is 33.0 Å². The molecule has 1 heterocycles. The van der Waals surface area contributed by atoms with Gasteiger partial charge >= 0.3 is 11.2 Å². The third kappa shape index (κ3) is 2.14. The molecule has 0 aliphatic heterocycles. The lowest BCUT2D eigenvalue weighted by atomic mass is 10.1. The van der Waals surface area contributed by atoms with Crippen molar-refractivity contribution in [1.82, 2.24) is 4.98 Å². The van der Waals surface area contributed by atoms with Crippen LogP contribution < -0.4 is 17.3 Å². The van der Waals surface area contributed by atoms with Crippen LogP contribution in [0.4, 0.5) is 5.69 Å². The standard InChI is InChI=1S/C18H15N2O.ClH/c1-20(2)15-11-17-18(13-8-4-3-7-12(13)15)19-14-9-5-6-10-16(14)21-17;/h3-11H,1-2H3;1H/q+1;/p-1. The van der Waals surface area contributed by atoms with E-state index in [-0.39, 0.29) is 12.4 Å². The highest BCUT2D eigenvalue weighted by Gasteiger charge is 2.18. The van der Waals surface area contributed by atoms with Gasteiger partial charge in [0.25, 0.3) is 0 Å². The van der Waals surface area contributed by atoms with E-state index in [9.17, 15) is 0 Å². The molecule has 22 heavy (non-hydrogen) atoms. The first-order valence-corrected chi connectivity index (χ1v) is 6.96. The third-order valence-corrected chi connectivity index (χ3v) is 3.76. The maximum atomic E-state index is 6.06. The monoisotopic (exact) mass is 310 g/mol. The largest absolute Gasteiger partial charge is 1.00 e. The maximum Gasteiger partial charge on any atom is 0.381 e. The van der Waals surface area contributed by atoms with Crippen molar-refractivity contribution >= 4 is 38.7 Å². The average molecular weight is 311 g/mol. The summed E-state index contributed by atoms with van der Waals surface area (Å²) in [6.07, 6.45) is 0. The molecule has 0 spiro atoms. The van der Waals surface area contributed by atoms with E-state index in [1.54, 1.807) is 0 Å². The Balaban J connectivity index is 0.00000144. The summed E-state index contributed by atoms with van der Waals surface area (Å²) < 4.78 is 6.06. The van der Waals surface area contributed by atoms with Gasteiger partial charge in [0.1, 0.15) is 0 Å². The van der Waals surface area contributed by atoms with Gasteiger partial charge in [0, 0.05) is 30.9 Å². The molecule has 110 valence electrons. The zero-order valence-electron chi connectivity index (χ0n) is 12.4. The van der Waals surface area contributed by atoms with Crippen LogP contribution in [0.3, 0.4) is 0 Å². The van der Waals surface area contributed by atoms with Gasteiger partial charge in [-0.25, -0.2) is 9.40 Å².